The van der Waals surface area contributed by atoms with Crippen molar-refractivity contribution in [2.24, 2.45) is 0 Å². The molecule has 8 heteroatoms. The summed E-state index contributed by atoms with van der Waals surface area (Å²) in [6.07, 6.45) is 2.31. The Kier molecular flexibility index (Phi) is 4.40. The first-order valence-electron chi connectivity index (χ1n) is 6.91. The molecule has 0 amide bonds. The Balaban J connectivity index is 1.79. The minimum absolute atomic E-state index is 0.111. The molecule has 0 aliphatic carbocycles. The molecule has 1 aromatic carbocycles. The molecule has 1 fully saturated rings. The highest BCUT2D eigenvalue weighted by atomic mass is 35.5. The number of hydrogen-bond donors (Lipinski definition) is 1. The van der Waals surface area contributed by atoms with Gasteiger partial charge >= 0.3 is 5.97 Å². The van der Waals surface area contributed by atoms with E-state index in [0.29, 0.717) is 36.1 Å². The zero-order valence-corrected chi connectivity index (χ0v) is 12.7. The van der Waals surface area contributed by atoms with Gasteiger partial charge in [-0.25, -0.2) is 19.2 Å². The van der Waals surface area contributed by atoms with E-state index in [1.54, 1.807) is 6.07 Å². The number of carboxylic acids is 1. The van der Waals surface area contributed by atoms with Crippen LogP contribution in [-0.4, -0.2) is 40.7 Å². The molecule has 1 aromatic heterocycles. The van der Waals surface area contributed by atoms with Crippen molar-refractivity contribution in [2.45, 2.75) is 6.10 Å². The Hall–Kier alpha value is -2.25. The van der Waals surface area contributed by atoms with Crippen molar-refractivity contribution in [3.8, 4) is 0 Å². The lowest BCUT2D eigenvalue weighted by molar-refractivity contribution is 0.0395. The smallest absolute Gasteiger partial charge is 0.356 e. The van der Waals surface area contributed by atoms with Gasteiger partial charge < -0.3 is 14.7 Å². The Morgan fingerprint density at radius 3 is 2.87 bits per heavy atom. The summed E-state index contributed by atoms with van der Waals surface area (Å²) in [7, 11) is 0. The molecule has 0 bridgehead atoms. The van der Waals surface area contributed by atoms with E-state index in [1.807, 2.05) is 4.90 Å². The standard InChI is InChI=1S/C15H13ClFN3O3/c16-11-5-9(17)1-2-10(11)13-8-20(3-4-23-13)14-7-18-12(6-19-14)15(21)22/h1-2,5-7,13H,3-4,8H2,(H,21,22). The maximum Gasteiger partial charge on any atom is 0.356 e. The van der Waals surface area contributed by atoms with Crippen molar-refractivity contribution in [1.82, 2.24) is 9.97 Å². The summed E-state index contributed by atoms with van der Waals surface area (Å²) in [6, 6.07) is 4.19. The van der Waals surface area contributed by atoms with Gasteiger partial charge in [0.15, 0.2) is 5.69 Å². The zero-order valence-electron chi connectivity index (χ0n) is 11.9. The number of benzene rings is 1. The van der Waals surface area contributed by atoms with Crippen molar-refractivity contribution in [1.29, 1.82) is 0 Å². The van der Waals surface area contributed by atoms with E-state index in [0.717, 1.165) is 0 Å². The number of morpholine rings is 1. The third-order valence-electron chi connectivity index (χ3n) is 3.56. The molecule has 120 valence electrons. The van der Waals surface area contributed by atoms with E-state index in [1.165, 1.54) is 24.5 Å². The Morgan fingerprint density at radius 1 is 1.39 bits per heavy atom. The summed E-state index contributed by atoms with van der Waals surface area (Å²) in [4.78, 5) is 20.7. The van der Waals surface area contributed by atoms with Crippen LogP contribution >= 0.6 is 11.6 Å². The van der Waals surface area contributed by atoms with Crippen LogP contribution in [0.4, 0.5) is 10.2 Å². The molecule has 1 aliphatic heterocycles. The van der Waals surface area contributed by atoms with Gasteiger partial charge in [-0.1, -0.05) is 17.7 Å². The van der Waals surface area contributed by atoms with Crippen LogP contribution in [0.1, 0.15) is 22.2 Å². The fourth-order valence-corrected chi connectivity index (χ4v) is 2.69. The molecular weight excluding hydrogens is 325 g/mol. The van der Waals surface area contributed by atoms with Gasteiger partial charge in [0.1, 0.15) is 17.7 Å². The lowest BCUT2D eigenvalue weighted by Crippen LogP contribution is -2.39. The Bertz CT molecular complexity index is 726. The van der Waals surface area contributed by atoms with Gasteiger partial charge in [0.25, 0.3) is 0 Å². The predicted octanol–water partition coefficient (Wildman–Crippen LogP) is 2.55. The number of carbonyl (C=O) groups is 1. The second kappa shape index (κ2) is 6.47. The number of ether oxygens (including phenoxy) is 1. The Labute approximate surface area is 136 Å². The summed E-state index contributed by atoms with van der Waals surface area (Å²) in [5.74, 6) is -0.968. The van der Waals surface area contributed by atoms with E-state index < -0.39 is 11.8 Å². The molecule has 2 heterocycles. The molecule has 23 heavy (non-hydrogen) atoms. The summed E-state index contributed by atoms with van der Waals surface area (Å²) in [5, 5.41) is 9.16. The van der Waals surface area contributed by atoms with Crippen LogP contribution in [0.3, 0.4) is 0 Å². The normalized spacial score (nSPS) is 18.0. The van der Waals surface area contributed by atoms with E-state index in [2.05, 4.69) is 9.97 Å². The first-order valence-corrected chi connectivity index (χ1v) is 7.29. The second-order valence-corrected chi connectivity index (χ2v) is 5.44. The number of hydrogen-bond acceptors (Lipinski definition) is 5. The number of halogens is 2. The largest absolute Gasteiger partial charge is 0.476 e. The zero-order chi connectivity index (χ0) is 16.4. The summed E-state index contributed by atoms with van der Waals surface area (Å²) < 4.78 is 18.9. The topological polar surface area (TPSA) is 75.5 Å². The van der Waals surface area contributed by atoms with Crippen molar-refractivity contribution in [3.63, 3.8) is 0 Å². The number of nitrogens with zero attached hydrogens (tertiary/aromatic N) is 3. The monoisotopic (exact) mass is 337 g/mol. The highest BCUT2D eigenvalue weighted by molar-refractivity contribution is 6.31. The number of anilines is 1. The third kappa shape index (κ3) is 3.40. The number of aromatic carboxylic acids is 1. The van der Waals surface area contributed by atoms with E-state index >= 15 is 0 Å². The van der Waals surface area contributed by atoms with Gasteiger partial charge in [0, 0.05) is 23.7 Å². The quantitative estimate of drug-likeness (QED) is 0.927. The third-order valence-corrected chi connectivity index (χ3v) is 3.88. The first-order chi connectivity index (χ1) is 11.0. The van der Waals surface area contributed by atoms with Crippen LogP contribution in [0.25, 0.3) is 0 Å². The van der Waals surface area contributed by atoms with Crippen molar-refractivity contribution < 1.29 is 19.0 Å². The van der Waals surface area contributed by atoms with Gasteiger partial charge in [0.05, 0.1) is 19.0 Å². The van der Waals surface area contributed by atoms with Crippen LogP contribution in [0.5, 0.6) is 0 Å². The van der Waals surface area contributed by atoms with Crippen LogP contribution in [0, 0.1) is 5.82 Å². The number of carboxylic acid groups (broad SMARTS) is 1. The molecule has 0 saturated carbocycles. The van der Waals surface area contributed by atoms with Gasteiger partial charge in [0.2, 0.25) is 0 Å². The molecule has 6 nitrogen and oxygen atoms in total. The van der Waals surface area contributed by atoms with Crippen molar-refractivity contribution >= 4 is 23.4 Å². The minimum atomic E-state index is -1.12. The van der Waals surface area contributed by atoms with Gasteiger partial charge in [-0.05, 0) is 12.1 Å². The van der Waals surface area contributed by atoms with Crippen molar-refractivity contribution in [3.05, 3.63) is 52.7 Å². The van der Waals surface area contributed by atoms with Gasteiger partial charge in [-0.2, -0.15) is 0 Å². The lowest BCUT2D eigenvalue weighted by atomic mass is 10.1. The average molecular weight is 338 g/mol. The maximum absolute atomic E-state index is 13.2. The van der Waals surface area contributed by atoms with E-state index in [-0.39, 0.29) is 11.8 Å². The summed E-state index contributed by atoms with van der Waals surface area (Å²) in [6.45, 7) is 1.50. The highest BCUT2D eigenvalue weighted by Crippen LogP contribution is 2.30. The fraction of sp³-hybridized carbons (Fsp3) is 0.267. The molecule has 1 unspecified atom stereocenters. The SMILES string of the molecule is O=C(O)c1cnc(N2CCOC(c3ccc(F)cc3Cl)C2)cn1. The van der Waals surface area contributed by atoms with Crippen molar-refractivity contribution in [2.75, 3.05) is 24.6 Å². The number of aromatic nitrogens is 2. The van der Waals surface area contributed by atoms with Crippen LogP contribution in [0.2, 0.25) is 5.02 Å². The van der Waals surface area contributed by atoms with Gasteiger partial charge in [-0.15, -0.1) is 0 Å². The second-order valence-electron chi connectivity index (χ2n) is 5.04. The molecule has 0 radical (unpaired) electrons. The molecule has 2 aromatic rings. The maximum atomic E-state index is 13.2. The molecule has 1 N–H and O–H groups in total. The highest BCUT2D eigenvalue weighted by Gasteiger charge is 2.25. The predicted molar refractivity (Wildman–Crippen MR) is 81.3 cm³/mol. The molecular formula is C15H13ClFN3O3. The molecule has 1 atom stereocenters. The first kappa shape index (κ1) is 15.6. The van der Waals surface area contributed by atoms with E-state index in [9.17, 15) is 9.18 Å². The molecule has 0 spiro atoms. The van der Waals surface area contributed by atoms with E-state index in [4.69, 9.17) is 21.4 Å². The molecule has 1 saturated heterocycles. The Morgan fingerprint density at radius 2 is 2.22 bits per heavy atom. The minimum Gasteiger partial charge on any atom is -0.476 e. The van der Waals surface area contributed by atoms with Crippen LogP contribution in [-0.2, 0) is 4.74 Å². The average Bonchev–Trinajstić information content (AvgIpc) is 2.55. The van der Waals surface area contributed by atoms with Crippen LogP contribution in [0.15, 0.2) is 30.6 Å². The fourth-order valence-electron chi connectivity index (χ4n) is 2.40. The molecule has 3 rings (SSSR count). The number of rotatable bonds is 3. The summed E-state index contributed by atoms with van der Waals surface area (Å²) in [5.41, 5.74) is 0.591. The molecule has 1 aliphatic rings. The van der Waals surface area contributed by atoms with Gasteiger partial charge in [-0.3, -0.25) is 0 Å². The lowest BCUT2D eigenvalue weighted by Gasteiger charge is -2.34. The van der Waals surface area contributed by atoms with Crippen LogP contribution < -0.4 is 4.90 Å². The summed E-state index contributed by atoms with van der Waals surface area (Å²) >= 11 is 6.08.